The summed E-state index contributed by atoms with van der Waals surface area (Å²) in [6, 6.07) is 5.43. The van der Waals surface area contributed by atoms with Crippen LogP contribution in [0.5, 0.6) is 0 Å². The van der Waals surface area contributed by atoms with Gasteiger partial charge in [-0.3, -0.25) is 14.8 Å². The number of hydrogen-bond acceptors (Lipinski definition) is 4. The molecule has 1 aromatic heterocycles. The van der Waals surface area contributed by atoms with Gasteiger partial charge in [-0.1, -0.05) is 12.1 Å². The number of hydrogen-bond donors (Lipinski definition) is 3. The molecule has 6 heteroatoms. The Morgan fingerprint density at radius 1 is 1.57 bits per heavy atom. The number of rotatable bonds is 3. The van der Waals surface area contributed by atoms with Gasteiger partial charge in [0.05, 0.1) is 29.5 Å². The van der Waals surface area contributed by atoms with Crippen LogP contribution in [0.2, 0.25) is 0 Å². The Hall–Kier alpha value is -1.92. The number of aromatic amines is 1. The van der Waals surface area contributed by atoms with Gasteiger partial charge in [-0.25, -0.2) is 0 Å². The van der Waals surface area contributed by atoms with E-state index in [0.29, 0.717) is 6.54 Å². The molecule has 0 saturated carbocycles. The molecular weight excluding hydrogens is 268 g/mol. The van der Waals surface area contributed by atoms with Crippen molar-refractivity contribution < 1.29 is 9.90 Å². The predicted octanol–water partition coefficient (Wildman–Crippen LogP) is 1.35. The number of carbonyl (C=O) groups excluding carboxylic acids is 1. The fourth-order valence-electron chi connectivity index (χ4n) is 2.81. The number of H-pyrrole nitrogens is 1. The van der Waals surface area contributed by atoms with E-state index in [2.05, 4.69) is 15.5 Å². The Balaban J connectivity index is 1.72. The summed E-state index contributed by atoms with van der Waals surface area (Å²) >= 11 is 0. The zero-order valence-electron chi connectivity index (χ0n) is 12.0. The molecule has 1 aromatic carbocycles. The van der Waals surface area contributed by atoms with E-state index in [1.165, 1.54) is 0 Å². The van der Waals surface area contributed by atoms with Crippen LogP contribution in [0, 0.1) is 0 Å². The highest BCUT2D eigenvalue weighted by molar-refractivity contribution is 6.02. The Morgan fingerprint density at radius 3 is 3.24 bits per heavy atom. The van der Waals surface area contributed by atoms with Crippen molar-refractivity contribution in [2.45, 2.75) is 31.9 Å². The second-order valence-electron chi connectivity index (χ2n) is 5.60. The molecule has 0 aliphatic carbocycles. The summed E-state index contributed by atoms with van der Waals surface area (Å²) in [5, 5.41) is 20.5. The maximum Gasteiger partial charge on any atom is 0.241 e. The number of nitrogens with zero attached hydrogens (tertiary/aromatic N) is 2. The first-order chi connectivity index (χ1) is 10.1. The van der Waals surface area contributed by atoms with E-state index < -0.39 is 0 Å². The molecule has 1 saturated heterocycles. The highest BCUT2D eigenvalue weighted by Crippen LogP contribution is 2.21. The number of β-amino-alcohol motifs (C(OH)–C–C–N with tert-alkyl or cyclic N) is 1. The van der Waals surface area contributed by atoms with Gasteiger partial charge >= 0.3 is 0 Å². The average Bonchev–Trinajstić information content (AvgIpc) is 2.96. The second kappa shape index (κ2) is 5.83. The van der Waals surface area contributed by atoms with E-state index in [9.17, 15) is 9.90 Å². The lowest BCUT2D eigenvalue weighted by atomic mass is 10.1. The van der Waals surface area contributed by atoms with Gasteiger partial charge < -0.3 is 10.4 Å². The minimum absolute atomic E-state index is 0.0637. The lowest BCUT2D eigenvalue weighted by Gasteiger charge is -2.33. The third-order valence-corrected chi connectivity index (χ3v) is 4.09. The van der Waals surface area contributed by atoms with Crippen LogP contribution in [0.3, 0.4) is 0 Å². The molecule has 2 aromatic rings. The van der Waals surface area contributed by atoms with E-state index in [1.54, 1.807) is 6.20 Å². The molecular formula is C15H20N4O2. The number of nitrogens with one attached hydrogen (secondary N) is 2. The molecule has 1 aliphatic rings. The SMILES string of the molecule is CC(C(=O)Nc1cccc2cn[nH]c12)N1CCCC(O)C1. The lowest BCUT2D eigenvalue weighted by molar-refractivity contribution is -0.121. The van der Waals surface area contributed by atoms with E-state index in [4.69, 9.17) is 0 Å². The number of amides is 1. The van der Waals surface area contributed by atoms with Gasteiger partial charge in [-0.15, -0.1) is 0 Å². The van der Waals surface area contributed by atoms with Crippen molar-refractivity contribution in [3.63, 3.8) is 0 Å². The van der Waals surface area contributed by atoms with Crippen LogP contribution in [0.4, 0.5) is 5.69 Å². The fourth-order valence-corrected chi connectivity index (χ4v) is 2.81. The molecule has 3 N–H and O–H groups in total. The lowest BCUT2D eigenvalue weighted by Crippen LogP contribution is -2.48. The number of fused-ring (bicyclic) bond motifs is 1. The van der Waals surface area contributed by atoms with Gasteiger partial charge in [0.1, 0.15) is 0 Å². The van der Waals surface area contributed by atoms with E-state index in [-0.39, 0.29) is 18.1 Å². The van der Waals surface area contributed by atoms with Gasteiger partial charge in [0.2, 0.25) is 5.91 Å². The van der Waals surface area contributed by atoms with E-state index in [0.717, 1.165) is 36.0 Å². The standard InChI is InChI=1S/C15H20N4O2/c1-10(19-7-3-5-12(20)9-19)15(21)17-13-6-2-4-11-8-16-18-14(11)13/h2,4,6,8,10,12,20H,3,5,7,9H2,1H3,(H,16,18)(H,17,21). The van der Waals surface area contributed by atoms with Crippen LogP contribution in [0.15, 0.2) is 24.4 Å². The average molecular weight is 288 g/mol. The molecule has 0 spiro atoms. The number of aliphatic hydroxyl groups excluding tert-OH is 1. The predicted molar refractivity (Wildman–Crippen MR) is 81.0 cm³/mol. The Morgan fingerprint density at radius 2 is 2.43 bits per heavy atom. The Labute approximate surface area is 123 Å². The molecule has 6 nitrogen and oxygen atoms in total. The molecule has 0 radical (unpaired) electrons. The number of anilines is 1. The molecule has 112 valence electrons. The first-order valence-electron chi connectivity index (χ1n) is 7.30. The summed E-state index contributed by atoms with van der Waals surface area (Å²) < 4.78 is 0. The first-order valence-corrected chi connectivity index (χ1v) is 7.30. The molecule has 2 heterocycles. The largest absolute Gasteiger partial charge is 0.392 e. The van der Waals surface area contributed by atoms with Gasteiger partial charge in [-0.2, -0.15) is 5.10 Å². The zero-order chi connectivity index (χ0) is 14.8. The number of para-hydroxylation sites is 1. The van der Waals surface area contributed by atoms with E-state index in [1.807, 2.05) is 30.0 Å². The summed E-state index contributed by atoms with van der Waals surface area (Å²) in [6.07, 6.45) is 3.15. The quantitative estimate of drug-likeness (QED) is 0.796. The smallest absolute Gasteiger partial charge is 0.241 e. The number of likely N-dealkylation sites (tertiary alicyclic amines) is 1. The summed E-state index contributed by atoms with van der Waals surface area (Å²) in [4.78, 5) is 14.4. The van der Waals surface area contributed by atoms with Crippen LogP contribution in [0.1, 0.15) is 19.8 Å². The highest BCUT2D eigenvalue weighted by Gasteiger charge is 2.26. The molecule has 21 heavy (non-hydrogen) atoms. The molecule has 1 aliphatic heterocycles. The maximum absolute atomic E-state index is 12.4. The van der Waals surface area contributed by atoms with Crippen molar-refractivity contribution in [3.8, 4) is 0 Å². The van der Waals surface area contributed by atoms with Gasteiger partial charge in [0, 0.05) is 11.9 Å². The summed E-state index contributed by atoms with van der Waals surface area (Å²) in [5.74, 6) is -0.0637. The summed E-state index contributed by atoms with van der Waals surface area (Å²) in [5.41, 5.74) is 1.57. The molecule has 2 atom stereocenters. The van der Waals surface area contributed by atoms with Crippen molar-refractivity contribution in [2.75, 3.05) is 18.4 Å². The minimum Gasteiger partial charge on any atom is -0.392 e. The normalized spacial score (nSPS) is 21.3. The number of carbonyl (C=O) groups is 1. The van der Waals surface area contributed by atoms with Crippen molar-refractivity contribution >= 4 is 22.5 Å². The van der Waals surface area contributed by atoms with Crippen LogP contribution < -0.4 is 5.32 Å². The third-order valence-electron chi connectivity index (χ3n) is 4.09. The van der Waals surface area contributed by atoms with Crippen LogP contribution in [0.25, 0.3) is 10.9 Å². The Bertz CT molecular complexity index is 639. The molecule has 1 fully saturated rings. The van der Waals surface area contributed by atoms with Gasteiger partial charge in [0.15, 0.2) is 0 Å². The van der Waals surface area contributed by atoms with Crippen molar-refractivity contribution in [1.82, 2.24) is 15.1 Å². The fraction of sp³-hybridized carbons (Fsp3) is 0.467. The maximum atomic E-state index is 12.4. The molecule has 0 bridgehead atoms. The van der Waals surface area contributed by atoms with Crippen molar-refractivity contribution in [3.05, 3.63) is 24.4 Å². The minimum atomic E-state index is -0.329. The topological polar surface area (TPSA) is 81.2 Å². The monoisotopic (exact) mass is 288 g/mol. The van der Waals surface area contributed by atoms with Crippen LogP contribution in [-0.2, 0) is 4.79 Å². The zero-order valence-corrected chi connectivity index (χ0v) is 12.0. The van der Waals surface area contributed by atoms with Gasteiger partial charge in [-0.05, 0) is 32.4 Å². The molecule has 2 unspecified atom stereocenters. The molecule has 1 amide bonds. The van der Waals surface area contributed by atoms with Crippen molar-refractivity contribution in [2.24, 2.45) is 0 Å². The number of piperidine rings is 1. The second-order valence-corrected chi connectivity index (χ2v) is 5.60. The molecule has 3 rings (SSSR count). The first kappa shape index (κ1) is 14.0. The Kier molecular flexibility index (Phi) is 3.90. The van der Waals surface area contributed by atoms with Gasteiger partial charge in [0.25, 0.3) is 0 Å². The van der Waals surface area contributed by atoms with E-state index >= 15 is 0 Å². The number of aliphatic hydroxyl groups is 1. The summed E-state index contributed by atoms with van der Waals surface area (Å²) in [7, 11) is 0. The third kappa shape index (κ3) is 2.91. The van der Waals surface area contributed by atoms with Crippen LogP contribution >= 0.6 is 0 Å². The van der Waals surface area contributed by atoms with Crippen LogP contribution in [-0.4, -0.2) is 51.3 Å². The highest BCUT2D eigenvalue weighted by atomic mass is 16.3. The number of benzene rings is 1. The van der Waals surface area contributed by atoms with Crippen molar-refractivity contribution in [1.29, 1.82) is 0 Å². The summed E-state index contributed by atoms with van der Waals surface area (Å²) in [6.45, 7) is 3.28. The number of aromatic nitrogens is 2.